The molecule has 2 aromatic rings. The molecule has 1 heterocycles. The molecule has 7 nitrogen and oxygen atoms in total. The van der Waals surface area contributed by atoms with E-state index in [1.807, 2.05) is 13.8 Å². The van der Waals surface area contributed by atoms with E-state index in [-0.39, 0.29) is 35.2 Å². The summed E-state index contributed by atoms with van der Waals surface area (Å²) in [5.41, 5.74) is 7.69. The number of ketones is 1. The van der Waals surface area contributed by atoms with Crippen molar-refractivity contribution in [3.63, 3.8) is 0 Å². The van der Waals surface area contributed by atoms with E-state index in [9.17, 15) is 14.9 Å². The first-order valence-corrected chi connectivity index (χ1v) is 11.2. The third kappa shape index (κ3) is 4.92. The Kier molecular flexibility index (Phi) is 6.36. The summed E-state index contributed by atoms with van der Waals surface area (Å²) in [6.45, 7) is 3.76. The van der Waals surface area contributed by atoms with Crippen LogP contribution in [-0.2, 0) is 14.3 Å². The van der Waals surface area contributed by atoms with Gasteiger partial charge in [0.1, 0.15) is 23.2 Å². The number of amides is 1. The number of allylic oxidation sites excluding steroid dienone is 3. The Morgan fingerprint density at radius 2 is 2.03 bits per heavy atom. The number of nitriles is 1. The van der Waals surface area contributed by atoms with Gasteiger partial charge in [0.05, 0.1) is 5.92 Å². The first kappa shape index (κ1) is 23.4. The SMILES string of the molecule is CC1(C)CC(=O)C2=C(C1)OC(N)=C(C#N)C2c1cccc(OCC(=O)Nc2cccc(Cl)c2)c1. The zero-order valence-corrected chi connectivity index (χ0v) is 19.6. The van der Waals surface area contributed by atoms with Gasteiger partial charge in [0, 0.05) is 29.1 Å². The monoisotopic (exact) mass is 477 g/mol. The smallest absolute Gasteiger partial charge is 0.262 e. The molecule has 1 aliphatic heterocycles. The summed E-state index contributed by atoms with van der Waals surface area (Å²) in [5.74, 6) is -0.133. The molecule has 0 fully saturated rings. The fourth-order valence-electron chi connectivity index (χ4n) is 4.31. The summed E-state index contributed by atoms with van der Waals surface area (Å²) in [5, 5.41) is 13.0. The van der Waals surface area contributed by atoms with Crippen LogP contribution in [0.2, 0.25) is 5.02 Å². The summed E-state index contributed by atoms with van der Waals surface area (Å²) < 4.78 is 11.4. The number of benzene rings is 2. The van der Waals surface area contributed by atoms with Gasteiger partial charge in [0.2, 0.25) is 5.88 Å². The van der Waals surface area contributed by atoms with Gasteiger partial charge in [0.15, 0.2) is 12.4 Å². The molecule has 1 atom stereocenters. The van der Waals surface area contributed by atoms with Crippen LogP contribution in [-0.4, -0.2) is 18.3 Å². The molecule has 0 aromatic heterocycles. The highest BCUT2D eigenvalue weighted by Crippen LogP contribution is 2.48. The molecule has 8 heteroatoms. The number of nitrogens with one attached hydrogen (secondary N) is 1. The van der Waals surface area contributed by atoms with E-state index in [4.69, 9.17) is 26.8 Å². The number of carbonyl (C=O) groups is 2. The van der Waals surface area contributed by atoms with E-state index < -0.39 is 5.92 Å². The highest BCUT2D eigenvalue weighted by Gasteiger charge is 2.43. The molecule has 0 radical (unpaired) electrons. The van der Waals surface area contributed by atoms with E-state index in [1.54, 1.807) is 48.5 Å². The Labute approximate surface area is 202 Å². The molecule has 0 bridgehead atoms. The van der Waals surface area contributed by atoms with Crippen LogP contribution in [0.5, 0.6) is 5.75 Å². The van der Waals surface area contributed by atoms with Crippen molar-refractivity contribution in [2.24, 2.45) is 11.1 Å². The lowest BCUT2D eigenvalue weighted by atomic mass is 9.70. The molecular formula is C26H24ClN3O4. The lowest BCUT2D eigenvalue weighted by Gasteiger charge is -2.37. The molecule has 0 saturated heterocycles. The molecule has 2 aromatic carbocycles. The first-order valence-electron chi connectivity index (χ1n) is 10.8. The van der Waals surface area contributed by atoms with E-state index in [0.717, 1.165) is 0 Å². The minimum absolute atomic E-state index is 0.00368. The number of anilines is 1. The lowest BCUT2D eigenvalue weighted by Crippen LogP contribution is -2.33. The van der Waals surface area contributed by atoms with Crippen LogP contribution < -0.4 is 15.8 Å². The van der Waals surface area contributed by atoms with Gasteiger partial charge in [-0.05, 0) is 41.3 Å². The minimum Gasteiger partial charge on any atom is -0.484 e. The van der Waals surface area contributed by atoms with E-state index in [2.05, 4.69) is 11.4 Å². The Hall–Kier alpha value is -3.76. The normalized spacial score (nSPS) is 19.1. The number of halogens is 1. The molecule has 0 saturated carbocycles. The number of nitrogens with zero attached hydrogens (tertiary/aromatic N) is 1. The number of hydrogen-bond acceptors (Lipinski definition) is 6. The van der Waals surface area contributed by atoms with Gasteiger partial charge in [-0.2, -0.15) is 5.26 Å². The molecule has 0 spiro atoms. The maximum absolute atomic E-state index is 13.1. The van der Waals surface area contributed by atoms with Gasteiger partial charge in [-0.1, -0.05) is 43.6 Å². The van der Waals surface area contributed by atoms with Crippen molar-refractivity contribution >= 4 is 29.0 Å². The number of rotatable bonds is 5. The Morgan fingerprint density at radius 3 is 2.76 bits per heavy atom. The molecule has 174 valence electrons. The quantitative estimate of drug-likeness (QED) is 0.638. The fraction of sp³-hybridized carbons (Fsp3) is 0.269. The van der Waals surface area contributed by atoms with Crippen LogP contribution in [0.4, 0.5) is 5.69 Å². The van der Waals surface area contributed by atoms with Crippen molar-refractivity contribution in [1.82, 2.24) is 0 Å². The van der Waals surface area contributed by atoms with Gasteiger partial charge in [-0.15, -0.1) is 0 Å². The van der Waals surface area contributed by atoms with Gasteiger partial charge >= 0.3 is 0 Å². The van der Waals surface area contributed by atoms with E-state index >= 15 is 0 Å². The topological polar surface area (TPSA) is 114 Å². The van der Waals surface area contributed by atoms with Crippen molar-refractivity contribution in [2.45, 2.75) is 32.6 Å². The molecule has 4 rings (SSSR count). The van der Waals surface area contributed by atoms with Gasteiger partial charge in [-0.3, -0.25) is 9.59 Å². The lowest BCUT2D eigenvalue weighted by molar-refractivity contribution is -0.119. The Morgan fingerprint density at radius 1 is 1.26 bits per heavy atom. The number of Topliss-reactive ketones (excluding diaryl/α,β-unsaturated/α-hetero) is 1. The summed E-state index contributed by atoms with van der Waals surface area (Å²) in [4.78, 5) is 25.4. The van der Waals surface area contributed by atoms with Crippen LogP contribution >= 0.6 is 11.6 Å². The maximum atomic E-state index is 13.1. The second-order valence-corrected chi connectivity index (χ2v) is 9.56. The molecular weight excluding hydrogens is 454 g/mol. The molecule has 2 aliphatic rings. The number of hydrogen-bond donors (Lipinski definition) is 2. The largest absolute Gasteiger partial charge is 0.484 e. The first-order chi connectivity index (χ1) is 16.2. The number of nitrogens with two attached hydrogens (primary N) is 1. The van der Waals surface area contributed by atoms with Crippen molar-refractivity contribution in [2.75, 3.05) is 11.9 Å². The molecule has 3 N–H and O–H groups in total. The van der Waals surface area contributed by atoms with Crippen molar-refractivity contribution in [3.05, 3.63) is 81.9 Å². The van der Waals surface area contributed by atoms with Crippen molar-refractivity contribution in [3.8, 4) is 11.8 Å². The van der Waals surface area contributed by atoms with Crippen LogP contribution in [0.3, 0.4) is 0 Å². The number of carbonyl (C=O) groups excluding carboxylic acids is 2. The highest BCUT2D eigenvalue weighted by molar-refractivity contribution is 6.30. The summed E-state index contributed by atoms with van der Waals surface area (Å²) in [6, 6.07) is 15.9. The summed E-state index contributed by atoms with van der Waals surface area (Å²) >= 11 is 5.95. The standard InChI is InChI=1S/C26H24ClN3O4/c1-26(2)11-20(31)24-21(12-26)34-25(29)19(13-28)23(24)15-5-3-8-18(9-15)33-14-22(32)30-17-7-4-6-16(27)10-17/h3-10,23H,11-12,14,29H2,1-2H3,(H,30,32). The van der Waals surface area contributed by atoms with E-state index in [1.165, 1.54) is 0 Å². The van der Waals surface area contributed by atoms with Crippen molar-refractivity contribution < 1.29 is 19.1 Å². The maximum Gasteiger partial charge on any atom is 0.262 e. The van der Waals surface area contributed by atoms with Crippen LogP contribution in [0.15, 0.2) is 71.3 Å². The zero-order valence-electron chi connectivity index (χ0n) is 18.9. The predicted molar refractivity (Wildman–Crippen MR) is 128 cm³/mol. The average molecular weight is 478 g/mol. The van der Waals surface area contributed by atoms with Crippen LogP contribution in [0.1, 0.15) is 38.2 Å². The molecule has 34 heavy (non-hydrogen) atoms. The molecule has 1 amide bonds. The molecule has 1 unspecified atom stereocenters. The van der Waals surface area contributed by atoms with Gasteiger partial charge in [-0.25, -0.2) is 0 Å². The second kappa shape index (κ2) is 9.24. The average Bonchev–Trinajstić information content (AvgIpc) is 2.76. The van der Waals surface area contributed by atoms with Crippen molar-refractivity contribution in [1.29, 1.82) is 5.26 Å². The summed E-state index contributed by atoms with van der Waals surface area (Å²) in [6.07, 6.45) is 0.897. The Bertz CT molecular complexity index is 1270. The highest BCUT2D eigenvalue weighted by atomic mass is 35.5. The van der Waals surface area contributed by atoms with Crippen LogP contribution in [0.25, 0.3) is 0 Å². The Balaban J connectivity index is 1.57. The fourth-order valence-corrected chi connectivity index (χ4v) is 4.50. The second-order valence-electron chi connectivity index (χ2n) is 9.12. The summed E-state index contributed by atoms with van der Waals surface area (Å²) in [7, 11) is 0. The zero-order chi connectivity index (χ0) is 24.5. The third-order valence-corrected chi connectivity index (χ3v) is 5.98. The van der Waals surface area contributed by atoms with E-state index in [0.29, 0.717) is 46.2 Å². The van der Waals surface area contributed by atoms with Gasteiger partial charge in [0.25, 0.3) is 5.91 Å². The number of ether oxygens (including phenoxy) is 2. The molecule has 1 aliphatic carbocycles. The van der Waals surface area contributed by atoms with Crippen LogP contribution in [0, 0.1) is 16.7 Å². The third-order valence-electron chi connectivity index (χ3n) is 5.75. The minimum atomic E-state index is -0.652. The van der Waals surface area contributed by atoms with Gasteiger partial charge < -0.3 is 20.5 Å². The predicted octanol–water partition coefficient (Wildman–Crippen LogP) is 4.81.